The summed E-state index contributed by atoms with van der Waals surface area (Å²) in [5.74, 6) is 0.817. The van der Waals surface area contributed by atoms with Crippen molar-refractivity contribution in [2.45, 2.75) is 32.2 Å². The van der Waals surface area contributed by atoms with Crippen LogP contribution in [0.4, 0.5) is 0 Å². The first-order valence-electron chi connectivity index (χ1n) is 5.90. The van der Waals surface area contributed by atoms with Gasteiger partial charge in [-0.2, -0.15) is 0 Å². The van der Waals surface area contributed by atoms with E-state index in [9.17, 15) is 0 Å². The highest BCUT2D eigenvalue weighted by atomic mass is 79.9. The molecule has 0 aromatic heterocycles. The maximum absolute atomic E-state index is 3.67. The lowest BCUT2D eigenvalue weighted by Gasteiger charge is -2.35. The molecule has 0 aliphatic heterocycles. The summed E-state index contributed by atoms with van der Waals surface area (Å²) in [5.41, 5.74) is 1.40. The van der Waals surface area contributed by atoms with E-state index in [1.165, 1.54) is 29.3 Å². The van der Waals surface area contributed by atoms with Gasteiger partial charge in [0.25, 0.3) is 0 Å². The van der Waals surface area contributed by atoms with Crippen molar-refractivity contribution >= 4 is 31.9 Å². The molecule has 1 fully saturated rings. The highest BCUT2D eigenvalue weighted by Gasteiger charge is 2.28. The zero-order chi connectivity index (χ0) is 11.5. The predicted molar refractivity (Wildman–Crippen MR) is 75.6 cm³/mol. The van der Waals surface area contributed by atoms with Crippen LogP contribution in [0.2, 0.25) is 0 Å². The van der Waals surface area contributed by atoms with Gasteiger partial charge in [-0.25, -0.2) is 0 Å². The van der Waals surface area contributed by atoms with E-state index in [1.54, 1.807) is 0 Å². The maximum Gasteiger partial charge on any atom is 0.0359 e. The largest absolute Gasteiger partial charge is 0.310 e. The zero-order valence-electron chi connectivity index (χ0n) is 9.47. The van der Waals surface area contributed by atoms with E-state index in [0.29, 0.717) is 6.04 Å². The molecule has 1 nitrogen and oxygen atoms in total. The van der Waals surface area contributed by atoms with E-state index in [4.69, 9.17) is 0 Å². The SMILES string of the molecule is CCNC(c1ccc(Br)cc1Br)C1CCC1. The van der Waals surface area contributed by atoms with E-state index in [0.717, 1.165) is 16.9 Å². The van der Waals surface area contributed by atoms with Crippen molar-refractivity contribution in [3.05, 3.63) is 32.7 Å². The van der Waals surface area contributed by atoms with Gasteiger partial charge in [-0.15, -0.1) is 0 Å². The predicted octanol–water partition coefficient (Wildman–Crippen LogP) is 4.66. The number of benzene rings is 1. The second-order valence-corrected chi connectivity index (χ2v) is 6.16. The fraction of sp³-hybridized carbons (Fsp3) is 0.538. The van der Waals surface area contributed by atoms with Gasteiger partial charge >= 0.3 is 0 Å². The summed E-state index contributed by atoms with van der Waals surface area (Å²) in [6.07, 6.45) is 4.11. The number of halogens is 2. The molecule has 1 unspecified atom stereocenters. The van der Waals surface area contributed by atoms with Crippen LogP contribution in [0.5, 0.6) is 0 Å². The van der Waals surface area contributed by atoms with Crippen molar-refractivity contribution in [3.63, 3.8) is 0 Å². The Morgan fingerprint density at radius 1 is 1.38 bits per heavy atom. The Balaban J connectivity index is 2.23. The molecule has 1 aliphatic rings. The Labute approximate surface area is 114 Å². The maximum atomic E-state index is 3.67. The third-order valence-corrected chi connectivity index (χ3v) is 4.52. The summed E-state index contributed by atoms with van der Waals surface area (Å²) in [6, 6.07) is 7.00. The molecule has 0 saturated heterocycles. The van der Waals surface area contributed by atoms with Crippen LogP contribution in [0.3, 0.4) is 0 Å². The molecule has 2 rings (SSSR count). The topological polar surface area (TPSA) is 12.0 Å². The minimum Gasteiger partial charge on any atom is -0.310 e. The van der Waals surface area contributed by atoms with E-state index < -0.39 is 0 Å². The van der Waals surface area contributed by atoms with E-state index in [2.05, 4.69) is 62.3 Å². The molecule has 0 amide bonds. The molecule has 0 bridgehead atoms. The van der Waals surface area contributed by atoms with Crippen LogP contribution in [-0.4, -0.2) is 6.54 Å². The van der Waals surface area contributed by atoms with Crippen molar-refractivity contribution in [3.8, 4) is 0 Å². The Morgan fingerprint density at radius 2 is 2.12 bits per heavy atom. The average Bonchev–Trinajstić information content (AvgIpc) is 2.14. The van der Waals surface area contributed by atoms with Gasteiger partial charge in [-0.1, -0.05) is 51.3 Å². The van der Waals surface area contributed by atoms with E-state index >= 15 is 0 Å². The van der Waals surface area contributed by atoms with Crippen LogP contribution in [0.15, 0.2) is 27.1 Å². The lowest BCUT2D eigenvalue weighted by molar-refractivity contribution is 0.232. The molecule has 0 radical (unpaired) electrons. The van der Waals surface area contributed by atoms with Crippen LogP contribution >= 0.6 is 31.9 Å². The summed E-state index contributed by atoms with van der Waals surface area (Å²) < 4.78 is 2.34. The number of rotatable bonds is 4. The van der Waals surface area contributed by atoms with Crippen LogP contribution < -0.4 is 5.32 Å². The van der Waals surface area contributed by atoms with Crippen molar-refractivity contribution in [2.75, 3.05) is 6.54 Å². The molecule has 1 aromatic rings. The number of hydrogen-bond acceptors (Lipinski definition) is 1. The molecule has 1 saturated carbocycles. The Bertz CT molecular complexity index is 361. The van der Waals surface area contributed by atoms with E-state index in [-0.39, 0.29) is 0 Å². The fourth-order valence-corrected chi connectivity index (χ4v) is 3.57. The van der Waals surface area contributed by atoms with Gasteiger partial charge in [0.2, 0.25) is 0 Å². The molecule has 0 heterocycles. The fourth-order valence-electron chi connectivity index (χ4n) is 2.28. The molecule has 88 valence electrons. The van der Waals surface area contributed by atoms with Crippen LogP contribution in [0, 0.1) is 5.92 Å². The molecular weight excluding hydrogens is 330 g/mol. The zero-order valence-corrected chi connectivity index (χ0v) is 12.6. The van der Waals surface area contributed by atoms with Crippen LogP contribution in [-0.2, 0) is 0 Å². The second kappa shape index (κ2) is 5.65. The van der Waals surface area contributed by atoms with Crippen molar-refractivity contribution in [2.24, 2.45) is 5.92 Å². The van der Waals surface area contributed by atoms with Crippen molar-refractivity contribution < 1.29 is 0 Å². The third kappa shape index (κ3) is 2.69. The summed E-state index contributed by atoms with van der Waals surface area (Å²) in [4.78, 5) is 0. The molecule has 1 atom stereocenters. The Hall–Kier alpha value is 0.140. The minimum atomic E-state index is 0.515. The summed E-state index contributed by atoms with van der Waals surface area (Å²) in [5, 5.41) is 3.62. The monoisotopic (exact) mass is 345 g/mol. The van der Waals surface area contributed by atoms with E-state index in [1.807, 2.05) is 0 Å². The smallest absolute Gasteiger partial charge is 0.0359 e. The second-order valence-electron chi connectivity index (χ2n) is 4.39. The highest BCUT2D eigenvalue weighted by molar-refractivity contribution is 9.11. The first kappa shape index (κ1) is 12.6. The summed E-state index contributed by atoms with van der Waals surface area (Å²) in [6.45, 7) is 3.21. The normalized spacial score (nSPS) is 18.2. The molecule has 0 spiro atoms. The molecule has 1 aliphatic carbocycles. The Kier molecular flexibility index (Phi) is 4.45. The van der Waals surface area contributed by atoms with Gasteiger partial charge in [0.15, 0.2) is 0 Å². The average molecular weight is 347 g/mol. The highest BCUT2D eigenvalue weighted by Crippen LogP contribution is 2.40. The summed E-state index contributed by atoms with van der Waals surface area (Å²) in [7, 11) is 0. The summed E-state index contributed by atoms with van der Waals surface area (Å²) >= 11 is 7.17. The number of nitrogens with one attached hydrogen (secondary N) is 1. The molecular formula is C13H17Br2N. The van der Waals surface area contributed by atoms with Gasteiger partial charge in [0.05, 0.1) is 0 Å². The number of hydrogen-bond donors (Lipinski definition) is 1. The standard InChI is InChI=1S/C13H17Br2N/c1-2-16-13(9-4-3-5-9)11-7-6-10(14)8-12(11)15/h6-9,13,16H,2-5H2,1H3. The van der Waals surface area contributed by atoms with Crippen LogP contribution in [0.1, 0.15) is 37.8 Å². The lowest BCUT2D eigenvalue weighted by Crippen LogP contribution is -2.32. The third-order valence-electron chi connectivity index (χ3n) is 3.34. The molecule has 16 heavy (non-hydrogen) atoms. The van der Waals surface area contributed by atoms with Crippen molar-refractivity contribution in [1.82, 2.24) is 5.32 Å². The molecule has 1 aromatic carbocycles. The van der Waals surface area contributed by atoms with Gasteiger partial charge in [-0.3, -0.25) is 0 Å². The lowest BCUT2D eigenvalue weighted by atomic mass is 9.77. The van der Waals surface area contributed by atoms with Gasteiger partial charge in [0, 0.05) is 15.0 Å². The van der Waals surface area contributed by atoms with Gasteiger partial charge < -0.3 is 5.32 Å². The van der Waals surface area contributed by atoms with Crippen LogP contribution in [0.25, 0.3) is 0 Å². The molecule has 3 heteroatoms. The first-order chi connectivity index (χ1) is 7.72. The quantitative estimate of drug-likeness (QED) is 0.835. The van der Waals surface area contributed by atoms with Gasteiger partial charge in [-0.05, 0) is 43.0 Å². The Morgan fingerprint density at radius 3 is 2.62 bits per heavy atom. The van der Waals surface area contributed by atoms with Crippen molar-refractivity contribution in [1.29, 1.82) is 0 Å². The first-order valence-corrected chi connectivity index (χ1v) is 7.49. The molecule has 1 N–H and O–H groups in total. The minimum absolute atomic E-state index is 0.515. The van der Waals surface area contributed by atoms with Gasteiger partial charge in [0.1, 0.15) is 0 Å².